The van der Waals surface area contributed by atoms with E-state index in [1.165, 1.54) is 6.21 Å². The summed E-state index contributed by atoms with van der Waals surface area (Å²) in [4.78, 5) is 24.0. The number of fused-ring (bicyclic) bond motifs is 1. The zero-order valence-corrected chi connectivity index (χ0v) is 15.7. The van der Waals surface area contributed by atoms with Crippen molar-refractivity contribution in [2.24, 2.45) is 5.10 Å². The molecule has 0 atom stereocenters. The van der Waals surface area contributed by atoms with Crippen molar-refractivity contribution in [2.45, 2.75) is 13.3 Å². The highest BCUT2D eigenvalue weighted by atomic mass is 16.5. The molecule has 6 heteroatoms. The van der Waals surface area contributed by atoms with Gasteiger partial charge in [0.2, 0.25) is 11.8 Å². The van der Waals surface area contributed by atoms with Crippen LogP contribution in [-0.2, 0) is 9.59 Å². The Hall–Kier alpha value is -3.67. The molecular weight excluding hydrogens is 354 g/mol. The minimum absolute atomic E-state index is 0.322. The molecule has 0 aliphatic rings. The maximum Gasteiger partial charge on any atom is 0.249 e. The predicted octanol–water partition coefficient (Wildman–Crippen LogP) is 3.64. The average Bonchev–Trinajstić information content (AvgIpc) is 2.69. The number of hydrogen-bond donors (Lipinski definition) is 2. The first-order chi connectivity index (χ1) is 13.6. The summed E-state index contributed by atoms with van der Waals surface area (Å²) in [6.45, 7) is 1.96. The number of carbonyl (C=O) groups excluding carboxylic acids is 2. The first-order valence-electron chi connectivity index (χ1n) is 8.81. The summed E-state index contributed by atoms with van der Waals surface area (Å²) >= 11 is 0. The maximum atomic E-state index is 12.0. The standard InChI is InChI=1S/C22H21N3O3/c1-15-7-10-17(11-8-15)24-21(26)13-22(27)25-23-14-19-18-6-4-3-5-16(18)9-12-20(19)28-2/h3-12,14H,13H2,1-2H3,(H,24,26)(H,25,27). The lowest BCUT2D eigenvalue weighted by atomic mass is 10.0. The first-order valence-corrected chi connectivity index (χ1v) is 8.81. The Balaban J connectivity index is 1.63. The number of rotatable bonds is 6. The van der Waals surface area contributed by atoms with E-state index in [4.69, 9.17) is 4.74 Å². The van der Waals surface area contributed by atoms with E-state index in [9.17, 15) is 9.59 Å². The summed E-state index contributed by atoms with van der Waals surface area (Å²) < 4.78 is 5.38. The minimum Gasteiger partial charge on any atom is -0.496 e. The zero-order chi connectivity index (χ0) is 19.9. The van der Waals surface area contributed by atoms with Crippen LogP contribution in [0, 0.1) is 6.92 Å². The lowest BCUT2D eigenvalue weighted by Crippen LogP contribution is -2.24. The Kier molecular flexibility index (Phi) is 6.01. The van der Waals surface area contributed by atoms with Crippen LogP contribution in [0.15, 0.2) is 65.8 Å². The van der Waals surface area contributed by atoms with E-state index >= 15 is 0 Å². The topological polar surface area (TPSA) is 79.8 Å². The van der Waals surface area contributed by atoms with Gasteiger partial charge in [0, 0.05) is 11.3 Å². The molecule has 0 bridgehead atoms. The molecule has 2 N–H and O–H groups in total. The molecule has 0 spiro atoms. The SMILES string of the molecule is COc1ccc2ccccc2c1C=NNC(=O)CC(=O)Nc1ccc(C)cc1. The molecule has 3 rings (SSSR count). The summed E-state index contributed by atoms with van der Waals surface area (Å²) in [5.74, 6) is -0.256. The Morgan fingerprint density at radius 3 is 2.50 bits per heavy atom. The van der Waals surface area contributed by atoms with Crippen molar-refractivity contribution in [1.29, 1.82) is 0 Å². The van der Waals surface area contributed by atoms with Crippen molar-refractivity contribution in [3.63, 3.8) is 0 Å². The first kappa shape index (κ1) is 19.1. The average molecular weight is 375 g/mol. The van der Waals surface area contributed by atoms with Gasteiger partial charge in [0.25, 0.3) is 0 Å². The van der Waals surface area contributed by atoms with Crippen molar-refractivity contribution in [1.82, 2.24) is 5.43 Å². The van der Waals surface area contributed by atoms with Crippen LogP contribution >= 0.6 is 0 Å². The second-order valence-electron chi connectivity index (χ2n) is 6.29. The third-order valence-electron chi connectivity index (χ3n) is 4.19. The highest BCUT2D eigenvalue weighted by Crippen LogP contribution is 2.26. The molecule has 2 amide bonds. The largest absolute Gasteiger partial charge is 0.496 e. The molecule has 0 aliphatic heterocycles. The lowest BCUT2D eigenvalue weighted by molar-refractivity contribution is -0.126. The monoisotopic (exact) mass is 375 g/mol. The maximum absolute atomic E-state index is 12.0. The van der Waals surface area contributed by atoms with Crippen LogP contribution in [0.25, 0.3) is 10.8 Å². The molecule has 6 nitrogen and oxygen atoms in total. The smallest absolute Gasteiger partial charge is 0.249 e. The molecule has 0 saturated carbocycles. The number of hydrazone groups is 1. The molecule has 0 saturated heterocycles. The minimum atomic E-state index is -0.500. The van der Waals surface area contributed by atoms with Gasteiger partial charge < -0.3 is 10.1 Å². The molecule has 0 radical (unpaired) electrons. The third-order valence-corrected chi connectivity index (χ3v) is 4.19. The Morgan fingerprint density at radius 2 is 1.75 bits per heavy atom. The van der Waals surface area contributed by atoms with Crippen molar-refractivity contribution in [3.8, 4) is 5.75 Å². The Labute approximate surface area is 163 Å². The van der Waals surface area contributed by atoms with Gasteiger partial charge in [-0.15, -0.1) is 0 Å². The number of methoxy groups -OCH3 is 1. The zero-order valence-electron chi connectivity index (χ0n) is 15.7. The number of nitrogens with zero attached hydrogens (tertiary/aromatic N) is 1. The number of anilines is 1. The Bertz CT molecular complexity index is 1030. The molecule has 0 aromatic heterocycles. The fourth-order valence-electron chi connectivity index (χ4n) is 2.78. The third kappa shape index (κ3) is 4.73. The van der Waals surface area contributed by atoms with Crippen molar-refractivity contribution in [2.75, 3.05) is 12.4 Å². The Morgan fingerprint density at radius 1 is 1.00 bits per heavy atom. The summed E-state index contributed by atoms with van der Waals surface area (Å²) in [6, 6.07) is 19.0. The van der Waals surface area contributed by atoms with Crippen LogP contribution < -0.4 is 15.5 Å². The summed E-state index contributed by atoms with van der Waals surface area (Å²) in [6.07, 6.45) is 1.20. The number of nitrogens with one attached hydrogen (secondary N) is 2. The number of amides is 2. The molecule has 0 unspecified atom stereocenters. The number of aryl methyl sites for hydroxylation is 1. The van der Waals surface area contributed by atoms with Gasteiger partial charge in [0.05, 0.1) is 13.3 Å². The van der Waals surface area contributed by atoms with Crippen molar-refractivity contribution >= 4 is 34.5 Å². The molecule has 28 heavy (non-hydrogen) atoms. The molecule has 0 fully saturated rings. The van der Waals surface area contributed by atoms with E-state index < -0.39 is 11.8 Å². The van der Waals surface area contributed by atoms with Crippen LogP contribution in [-0.4, -0.2) is 25.1 Å². The van der Waals surface area contributed by atoms with Gasteiger partial charge in [-0.25, -0.2) is 5.43 Å². The van der Waals surface area contributed by atoms with Gasteiger partial charge in [-0.2, -0.15) is 5.10 Å². The van der Waals surface area contributed by atoms with Crippen molar-refractivity contribution < 1.29 is 14.3 Å². The van der Waals surface area contributed by atoms with E-state index in [0.29, 0.717) is 11.4 Å². The fraction of sp³-hybridized carbons (Fsp3) is 0.136. The summed E-state index contributed by atoms with van der Waals surface area (Å²) in [7, 11) is 1.58. The summed E-state index contributed by atoms with van der Waals surface area (Å²) in [5, 5.41) is 8.66. The molecular formula is C22H21N3O3. The van der Waals surface area contributed by atoms with E-state index in [2.05, 4.69) is 15.8 Å². The van der Waals surface area contributed by atoms with Crippen LogP contribution in [0.3, 0.4) is 0 Å². The van der Waals surface area contributed by atoms with Gasteiger partial charge >= 0.3 is 0 Å². The van der Waals surface area contributed by atoms with Crippen LogP contribution in [0.2, 0.25) is 0 Å². The summed E-state index contributed by atoms with van der Waals surface area (Å²) in [5.41, 5.74) is 4.88. The van der Waals surface area contributed by atoms with E-state index in [1.54, 1.807) is 19.2 Å². The number of benzene rings is 3. The molecule has 0 heterocycles. The van der Waals surface area contributed by atoms with E-state index in [1.807, 2.05) is 55.5 Å². The van der Waals surface area contributed by atoms with Gasteiger partial charge in [-0.3, -0.25) is 9.59 Å². The highest BCUT2D eigenvalue weighted by molar-refractivity contribution is 6.05. The quantitative estimate of drug-likeness (QED) is 0.392. The van der Waals surface area contributed by atoms with E-state index in [0.717, 1.165) is 21.9 Å². The van der Waals surface area contributed by atoms with E-state index in [-0.39, 0.29) is 6.42 Å². The fourth-order valence-corrected chi connectivity index (χ4v) is 2.78. The second-order valence-corrected chi connectivity index (χ2v) is 6.29. The molecule has 142 valence electrons. The van der Waals surface area contributed by atoms with Crippen LogP contribution in [0.1, 0.15) is 17.5 Å². The van der Waals surface area contributed by atoms with Gasteiger partial charge in [0.1, 0.15) is 12.2 Å². The van der Waals surface area contributed by atoms with Crippen molar-refractivity contribution in [3.05, 3.63) is 71.8 Å². The predicted molar refractivity (Wildman–Crippen MR) is 111 cm³/mol. The van der Waals surface area contributed by atoms with Gasteiger partial charge in [0.15, 0.2) is 0 Å². The normalized spacial score (nSPS) is 10.8. The number of carbonyl (C=O) groups is 2. The molecule has 3 aromatic rings. The molecule has 3 aromatic carbocycles. The lowest BCUT2D eigenvalue weighted by Gasteiger charge is -2.08. The van der Waals surface area contributed by atoms with Gasteiger partial charge in [-0.1, -0.05) is 48.0 Å². The van der Waals surface area contributed by atoms with Gasteiger partial charge in [-0.05, 0) is 35.9 Å². The highest BCUT2D eigenvalue weighted by Gasteiger charge is 2.10. The molecule has 0 aliphatic carbocycles. The van der Waals surface area contributed by atoms with Crippen LogP contribution in [0.5, 0.6) is 5.75 Å². The number of ether oxygens (including phenoxy) is 1. The number of hydrogen-bond acceptors (Lipinski definition) is 4. The second kappa shape index (κ2) is 8.81. The van der Waals surface area contributed by atoms with Crippen LogP contribution in [0.4, 0.5) is 5.69 Å².